The van der Waals surface area contributed by atoms with Crippen molar-refractivity contribution in [1.29, 1.82) is 0 Å². The number of nitrogens with one attached hydrogen (secondary N) is 2. The van der Waals surface area contributed by atoms with Crippen LogP contribution in [-0.2, 0) is 0 Å². The molecule has 0 spiro atoms. The Morgan fingerprint density at radius 3 is 1.68 bits per heavy atom. The fourth-order valence-corrected chi connectivity index (χ4v) is 12.0. The lowest BCUT2D eigenvalue weighted by Gasteiger charge is -2.41. The second kappa shape index (κ2) is 5.62. The molecule has 1 fully saturated rings. The molecule has 19 heavy (non-hydrogen) atoms. The summed E-state index contributed by atoms with van der Waals surface area (Å²) in [6.45, 7) is 19.5. The molecule has 2 N–H and O–H groups in total. The van der Waals surface area contributed by atoms with Gasteiger partial charge in [-0.3, -0.25) is 0 Å². The fraction of sp³-hybridized carbons (Fsp3) is 1.00. The highest BCUT2D eigenvalue weighted by atomic mass is 28.3. The van der Waals surface area contributed by atoms with E-state index in [1.165, 1.54) is 12.8 Å². The Balaban J connectivity index is 2.83. The molecule has 114 valence electrons. The van der Waals surface area contributed by atoms with Gasteiger partial charge in [-0.25, -0.2) is 0 Å². The molecular weight excluding hydrogens is 264 g/mol. The van der Waals surface area contributed by atoms with E-state index in [0.29, 0.717) is 0 Å². The monoisotopic (exact) mass is 300 g/mol. The van der Waals surface area contributed by atoms with Gasteiger partial charge in [0.1, 0.15) is 16.5 Å². The molecule has 0 aliphatic heterocycles. The van der Waals surface area contributed by atoms with Crippen molar-refractivity contribution in [3.8, 4) is 0 Å². The summed E-state index contributed by atoms with van der Waals surface area (Å²) in [4.78, 5) is 7.66. The first-order valence-electron chi connectivity index (χ1n) is 7.89. The molecule has 0 amide bonds. The summed E-state index contributed by atoms with van der Waals surface area (Å²) in [6, 6.07) is 0. The van der Waals surface area contributed by atoms with Crippen LogP contribution in [0, 0.1) is 5.92 Å². The second-order valence-electron chi connectivity index (χ2n) is 8.72. The van der Waals surface area contributed by atoms with Crippen molar-refractivity contribution < 1.29 is 0 Å². The van der Waals surface area contributed by atoms with Crippen molar-refractivity contribution in [2.24, 2.45) is 5.92 Å². The van der Waals surface area contributed by atoms with E-state index in [-0.39, 0.29) is 5.54 Å². The second-order valence-corrected chi connectivity index (χ2v) is 17.8. The lowest BCUT2D eigenvalue weighted by molar-refractivity contribution is 0.489. The van der Waals surface area contributed by atoms with Gasteiger partial charge < -0.3 is 9.96 Å². The molecule has 2 nitrogen and oxygen atoms in total. The predicted octanol–water partition coefficient (Wildman–Crippen LogP) is 4.17. The molecule has 0 saturated heterocycles. The van der Waals surface area contributed by atoms with E-state index in [1.54, 1.807) is 0 Å². The van der Waals surface area contributed by atoms with Gasteiger partial charge in [-0.1, -0.05) is 46.0 Å². The van der Waals surface area contributed by atoms with Crippen LogP contribution in [0.15, 0.2) is 0 Å². The van der Waals surface area contributed by atoms with E-state index in [1.807, 2.05) is 0 Å². The molecule has 0 aromatic heterocycles. The predicted molar refractivity (Wildman–Crippen MR) is 92.8 cm³/mol. The SMILES string of the molecule is CN[Si](C)(C)C1CCC([Si](C)(C)NC(C)(C)C)C1C. The quantitative estimate of drug-likeness (QED) is 0.761. The van der Waals surface area contributed by atoms with Crippen LogP contribution in [0.2, 0.25) is 37.3 Å². The summed E-state index contributed by atoms with van der Waals surface area (Å²) >= 11 is 0. The van der Waals surface area contributed by atoms with Gasteiger partial charge in [-0.15, -0.1) is 0 Å². The Labute approximate surface area is 123 Å². The van der Waals surface area contributed by atoms with Crippen molar-refractivity contribution in [1.82, 2.24) is 9.96 Å². The van der Waals surface area contributed by atoms with E-state index in [4.69, 9.17) is 0 Å². The van der Waals surface area contributed by atoms with Crippen molar-refractivity contribution >= 4 is 16.5 Å². The topological polar surface area (TPSA) is 24.1 Å². The molecule has 0 radical (unpaired) electrons. The summed E-state index contributed by atoms with van der Waals surface area (Å²) in [5.74, 6) is 0.880. The van der Waals surface area contributed by atoms with Crippen molar-refractivity contribution in [2.45, 2.75) is 83.3 Å². The average Bonchev–Trinajstić information content (AvgIpc) is 2.57. The highest BCUT2D eigenvalue weighted by molar-refractivity contribution is 6.78. The number of rotatable bonds is 4. The lowest BCUT2D eigenvalue weighted by atomic mass is 10.1. The van der Waals surface area contributed by atoms with Gasteiger partial charge in [0.15, 0.2) is 0 Å². The first-order valence-corrected chi connectivity index (χ1v) is 14.0. The van der Waals surface area contributed by atoms with E-state index >= 15 is 0 Å². The molecule has 0 aromatic rings. The van der Waals surface area contributed by atoms with Crippen LogP contribution in [0.25, 0.3) is 0 Å². The van der Waals surface area contributed by atoms with Gasteiger partial charge in [0.25, 0.3) is 0 Å². The zero-order chi connectivity index (χ0) is 15.1. The van der Waals surface area contributed by atoms with Crippen LogP contribution in [0.5, 0.6) is 0 Å². The molecule has 0 heterocycles. The van der Waals surface area contributed by atoms with Gasteiger partial charge >= 0.3 is 0 Å². The Kier molecular flexibility index (Phi) is 5.15. The molecule has 4 heteroatoms. The number of hydrogen-bond donors (Lipinski definition) is 2. The average molecular weight is 301 g/mol. The van der Waals surface area contributed by atoms with Crippen LogP contribution in [0.3, 0.4) is 0 Å². The normalized spacial score (nSPS) is 29.8. The van der Waals surface area contributed by atoms with Gasteiger partial charge in [0, 0.05) is 5.54 Å². The van der Waals surface area contributed by atoms with E-state index < -0.39 is 16.5 Å². The Bertz CT molecular complexity index is 308. The highest BCUT2D eigenvalue weighted by Gasteiger charge is 2.48. The number of hydrogen-bond acceptors (Lipinski definition) is 2. The molecule has 3 unspecified atom stereocenters. The zero-order valence-electron chi connectivity index (χ0n) is 14.6. The first kappa shape index (κ1) is 17.4. The van der Waals surface area contributed by atoms with Gasteiger partial charge in [-0.2, -0.15) is 0 Å². The third kappa shape index (κ3) is 4.16. The maximum Gasteiger partial charge on any atom is 0.123 e. The smallest absolute Gasteiger partial charge is 0.123 e. The summed E-state index contributed by atoms with van der Waals surface area (Å²) in [5, 5.41) is 0. The van der Waals surface area contributed by atoms with Crippen LogP contribution in [0.1, 0.15) is 40.5 Å². The Morgan fingerprint density at radius 2 is 1.32 bits per heavy atom. The molecule has 3 atom stereocenters. The van der Waals surface area contributed by atoms with Crippen molar-refractivity contribution in [3.63, 3.8) is 0 Å². The van der Waals surface area contributed by atoms with Crippen LogP contribution in [0.4, 0.5) is 0 Å². The van der Waals surface area contributed by atoms with Crippen molar-refractivity contribution in [3.05, 3.63) is 0 Å². The van der Waals surface area contributed by atoms with Gasteiger partial charge in [0.05, 0.1) is 0 Å². The van der Waals surface area contributed by atoms with E-state index in [0.717, 1.165) is 17.0 Å². The minimum atomic E-state index is -1.36. The lowest BCUT2D eigenvalue weighted by Crippen LogP contribution is -2.58. The third-order valence-electron chi connectivity index (χ3n) is 5.25. The fourth-order valence-electron chi connectivity index (χ4n) is 4.45. The molecule has 1 aliphatic carbocycles. The highest BCUT2D eigenvalue weighted by Crippen LogP contribution is 2.52. The molecule has 1 rings (SSSR count). The van der Waals surface area contributed by atoms with E-state index in [9.17, 15) is 0 Å². The molecular formula is C15H36N2Si2. The van der Waals surface area contributed by atoms with Crippen molar-refractivity contribution in [2.75, 3.05) is 7.05 Å². The Morgan fingerprint density at radius 1 is 0.895 bits per heavy atom. The summed E-state index contributed by atoms with van der Waals surface area (Å²) < 4.78 is 0. The largest absolute Gasteiger partial charge is 0.340 e. The molecule has 0 aromatic carbocycles. The maximum atomic E-state index is 3.99. The maximum absolute atomic E-state index is 3.99. The van der Waals surface area contributed by atoms with E-state index in [2.05, 4.69) is 70.9 Å². The Hall–Kier alpha value is 0.354. The van der Waals surface area contributed by atoms with Crippen LogP contribution in [-0.4, -0.2) is 29.1 Å². The van der Waals surface area contributed by atoms with Gasteiger partial charge in [0.2, 0.25) is 0 Å². The third-order valence-corrected chi connectivity index (χ3v) is 13.3. The van der Waals surface area contributed by atoms with Gasteiger partial charge in [-0.05, 0) is 44.8 Å². The standard InChI is InChI=1S/C15H36N2Si2/c1-12-13(18(6,7)16-5)10-11-14(12)19(8,9)17-15(2,3)4/h12-14,16-17H,10-11H2,1-9H3. The minimum absolute atomic E-state index is 0.253. The molecule has 0 bridgehead atoms. The summed E-state index contributed by atoms with van der Waals surface area (Å²) in [7, 11) is -0.431. The summed E-state index contributed by atoms with van der Waals surface area (Å²) in [5.41, 5.74) is 2.12. The van der Waals surface area contributed by atoms with Crippen LogP contribution < -0.4 is 9.96 Å². The molecule has 1 saturated carbocycles. The minimum Gasteiger partial charge on any atom is -0.340 e. The molecule has 1 aliphatic rings. The van der Waals surface area contributed by atoms with Crippen LogP contribution >= 0.6 is 0 Å². The first-order chi connectivity index (χ1) is 8.41. The zero-order valence-corrected chi connectivity index (χ0v) is 16.6. The summed E-state index contributed by atoms with van der Waals surface area (Å²) in [6.07, 6.45) is 2.88.